The van der Waals surface area contributed by atoms with E-state index in [1.165, 1.54) is 22.0 Å². The van der Waals surface area contributed by atoms with Gasteiger partial charge in [0.2, 0.25) is 0 Å². The smallest absolute Gasteiger partial charge is 0.265 e. The molecule has 0 unspecified atom stereocenters. The largest absolute Gasteiger partial charge is 0.333 e. The summed E-state index contributed by atoms with van der Waals surface area (Å²) in [7, 11) is 0. The van der Waals surface area contributed by atoms with E-state index in [-0.39, 0.29) is 5.91 Å². The predicted octanol–water partition coefficient (Wildman–Crippen LogP) is 2.40. The molecule has 0 bridgehead atoms. The molecule has 1 aliphatic rings. The van der Waals surface area contributed by atoms with E-state index in [0.29, 0.717) is 0 Å². The Balaban J connectivity index is 1.81. The van der Waals surface area contributed by atoms with Gasteiger partial charge in [-0.05, 0) is 41.0 Å². The van der Waals surface area contributed by atoms with E-state index in [1.807, 2.05) is 4.90 Å². The van der Waals surface area contributed by atoms with Gasteiger partial charge in [-0.1, -0.05) is 0 Å². The number of thiophene rings is 1. The lowest BCUT2D eigenvalue weighted by atomic mass is 10.1. The molecule has 0 N–H and O–H groups in total. The summed E-state index contributed by atoms with van der Waals surface area (Å²) >= 11 is 3.06. The lowest BCUT2D eigenvalue weighted by molar-refractivity contribution is 0.0741. The van der Waals surface area contributed by atoms with Crippen molar-refractivity contribution in [3.63, 3.8) is 0 Å². The first-order valence-corrected chi connectivity index (χ1v) is 6.75. The second kappa shape index (κ2) is 3.99. The van der Waals surface area contributed by atoms with Crippen molar-refractivity contribution in [3.8, 4) is 0 Å². The summed E-state index contributed by atoms with van der Waals surface area (Å²) in [5, 5.41) is 2.10. The molecule has 1 amide bonds. The van der Waals surface area contributed by atoms with E-state index in [1.54, 1.807) is 23.6 Å². The molecule has 0 saturated heterocycles. The van der Waals surface area contributed by atoms with E-state index in [2.05, 4.69) is 15.8 Å². The van der Waals surface area contributed by atoms with E-state index >= 15 is 0 Å². The third-order valence-corrected chi connectivity index (χ3v) is 4.50. The molecule has 3 nitrogen and oxygen atoms in total. The summed E-state index contributed by atoms with van der Waals surface area (Å²) in [6, 6.07) is 3.91. The fraction of sp³-hybridized carbons (Fsp3) is 0.273. The van der Waals surface area contributed by atoms with Crippen molar-refractivity contribution in [2.24, 2.45) is 0 Å². The highest BCUT2D eigenvalue weighted by molar-refractivity contribution is 7.10. The molecule has 16 heavy (non-hydrogen) atoms. The Kier molecular flexibility index (Phi) is 2.49. The Morgan fingerprint density at radius 3 is 3.19 bits per heavy atom. The number of hydrogen-bond donors (Lipinski definition) is 0. The van der Waals surface area contributed by atoms with Crippen molar-refractivity contribution in [3.05, 3.63) is 39.0 Å². The number of nitrogens with zero attached hydrogens (tertiary/aromatic N) is 2. The number of rotatable bonds is 1. The van der Waals surface area contributed by atoms with E-state index in [9.17, 15) is 4.79 Å². The number of fused-ring (bicyclic) bond motifs is 1. The van der Waals surface area contributed by atoms with Crippen molar-refractivity contribution in [2.45, 2.75) is 13.0 Å². The van der Waals surface area contributed by atoms with Crippen LogP contribution in [0, 0.1) is 0 Å². The average Bonchev–Trinajstić information content (AvgIpc) is 2.98. The molecule has 5 heteroatoms. The Bertz CT molecular complexity index is 504. The summed E-state index contributed by atoms with van der Waals surface area (Å²) in [6.07, 6.45) is 2.66. The first-order valence-electron chi connectivity index (χ1n) is 5.10. The van der Waals surface area contributed by atoms with Gasteiger partial charge in [0, 0.05) is 24.2 Å². The highest BCUT2D eigenvalue weighted by atomic mass is 32.1. The summed E-state index contributed by atoms with van der Waals surface area (Å²) in [4.78, 5) is 16.2. The zero-order chi connectivity index (χ0) is 11.0. The van der Waals surface area contributed by atoms with Crippen molar-refractivity contribution in [2.75, 3.05) is 6.54 Å². The summed E-state index contributed by atoms with van der Waals surface area (Å²) in [6.45, 7) is 1.57. The summed E-state index contributed by atoms with van der Waals surface area (Å²) in [5.41, 5.74) is 1.30. The number of carbonyl (C=O) groups excluding carboxylic acids is 1. The Hall–Kier alpha value is -1.20. The van der Waals surface area contributed by atoms with Gasteiger partial charge in [-0.3, -0.25) is 4.79 Å². The van der Waals surface area contributed by atoms with Gasteiger partial charge in [-0.15, -0.1) is 11.3 Å². The zero-order valence-corrected chi connectivity index (χ0v) is 10.2. The van der Waals surface area contributed by atoms with E-state index in [4.69, 9.17) is 0 Å². The van der Waals surface area contributed by atoms with Crippen LogP contribution in [-0.4, -0.2) is 21.7 Å². The van der Waals surface area contributed by atoms with Gasteiger partial charge in [-0.25, -0.2) is 4.37 Å². The molecule has 1 aliphatic heterocycles. The maximum atomic E-state index is 12.1. The molecular formula is C11H10N2OS2. The molecule has 0 radical (unpaired) electrons. The third-order valence-electron chi connectivity index (χ3n) is 2.74. The minimum absolute atomic E-state index is 0.111. The van der Waals surface area contributed by atoms with E-state index in [0.717, 1.165) is 24.4 Å². The van der Waals surface area contributed by atoms with Gasteiger partial charge in [0.1, 0.15) is 4.88 Å². The molecule has 0 saturated carbocycles. The van der Waals surface area contributed by atoms with Crippen LogP contribution in [-0.2, 0) is 13.0 Å². The zero-order valence-electron chi connectivity index (χ0n) is 8.55. The van der Waals surface area contributed by atoms with Crippen LogP contribution in [0.25, 0.3) is 0 Å². The summed E-state index contributed by atoms with van der Waals surface area (Å²) in [5.74, 6) is 0.111. The second-order valence-corrected chi connectivity index (χ2v) is 5.56. The van der Waals surface area contributed by atoms with Crippen LogP contribution in [0.3, 0.4) is 0 Å². The molecular weight excluding hydrogens is 240 g/mol. The number of hydrogen-bond acceptors (Lipinski definition) is 4. The van der Waals surface area contributed by atoms with Gasteiger partial charge < -0.3 is 4.90 Å². The Labute approximate surface area is 102 Å². The topological polar surface area (TPSA) is 33.2 Å². The first-order chi connectivity index (χ1) is 7.84. The first kappa shape index (κ1) is 9.99. The molecule has 0 fully saturated rings. The normalized spacial score (nSPS) is 14.9. The Morgan fingerprint density at radius 2 is 2.38 bits per heavy atom. The van der Waals surface area contributed by atoms with Gasteiger partial charge in [0.05, 0.1) is 0 Å². The predicted molar refractivity (Wildman–Crippen MR) is 64.9 cm³/mol. The third kappa shape index (κ3) is 1.66. The van der Waals surface area contributed by atoms with Crippen molar-refractivity contribution >= 4 is 28.8 Å². The lowest BCUT2D eigenvalue weighted by Crippen LogP contribution is -2.34. The average molecular weight is 250 g/mol. The molecule has 0 aliphatic carbocycles. The van der Waals surface area contributed by atoms with Gasteiger partial charge in [-0.2, -0.15) is 0 Å². The molecule has 2 aromatic rings. The van der Waals surface area contributed by atoms with Crippen LogP contribution in [0.15, 0.2) is 23.7 Å². The Morgan fingerprint density at radius 1 is 1.44 bits per heavy atom. The maximum Gasteiger partial charge on any atom is 0.265 e. The van der Waals surface area contributed by atoms with Crippen LogP contribution >= 0.6 is 22.9 Å². The van der Waals surface area contributed by atoms with Crippen LogP contribution in [0.4, 0.5) is 0 Å². The minimum atomic E-state index is 0.111. The van der Waals surface area contributed by atoms with Gasteiger partial charge in [0.25, 0.3) is 5.91 Å². The van der Waals surface area contributed by atoms with Crippen molar-refractivity contribution < 1.29 is 4.79 Å². The molecule has 2 aromatic heterocycles. The summed E-state index contributed by atoms with van der Waals surface area (Å²) < 4.78 is 3.97. The highest BCUT2D eigenvalue weighted by Crippen LogP contribution is 2.25. The number of carbonyl (C=O) groups is 1. The molecule has 0 spiro atoms. The van der Waals surface area contributed by atoms with Crippen molar-refractivity contribution in [1.82, 2.24) is 9.27 Å². The number of amides is 1. The second-order valence-electron chi connectivity index (χ2n) is 3.72. The molecule has 3 rings (SSSR count). The molecule has 0 aromatic carbocycles. The van der Waals surface area contributed by atoms with Gasteiger partial charge in [0.15, 0.2) is 0 Å². The van der Waals surface area contributed by atoms with Crippen LogP contribution in [0.1, 0.15) is 20.1 Å². The fourth-order valence-electron chi connectivity index (χ4n) is 1.90. The fourth-order valence-corrected chi connectivity index (χ4v) is 3.36. The standard InChI is InChI=1S/C11H10N2OS2/c14-11(10-1-4-12-16-10)13-5-2-9-8(7-13)3-6-15-9/h1,3-4,6H,2,5,7H2. The maximum absolute atomic E-state index is 12.1. The van der Waals surface area contributed by atoms with Crippen molar-refractivity contribution in [1.29, 1.82) is 0 Å². The van der Waals surface area contributed by atoms with Crippen LogP contribution in [0.5, 0.6) is 0 Å². The minimum Gasteiger partial charge on any atom is -0.333 e. The number of aromatic nitrogens is 1. The monoisotopic (exact) mass is 250 g/mol. The molecule has 0 atom stereocenters. The molecule has 3 heterocycles. The quantitative estimate of drug-likeness (QED) is 0.778. The lowest BCUT2D eigenvalue weighted by Gasteiger charge is -2.26. The van der Waals surface area contributed by atoms with Crippen LogP contribution in [0.2, 0.25) is 0 Å². The highest BCUT2D eigenvalue weighted by Gasteiger charge is 2.23. The van der Waals surface area contributed by atoms with Gasteiger partial charge >= 0.3 is 0 Å². The SMILES string of the molecule is O=C(c1ccns1)N1CCc2sccc2C1. The van der Waals surface area contributed by atoms with E-state index < -0.39 is 0 Å². The molecule has 82 valence electrons. The van der Waals surface area contributed by atoms with Crippen LogP contribution < -0.4 is 0 Å².